The zero-order valence-corrected chi connectivity index (χ0v) is 20.9. The van der Waals surface area contributed by atoms with Crippen molar-refractivity contribution in [2.45, 2.75) is 56.6 Å². The fourth-order valence-corrected chi connectivity index (χ4v) is 5.03. The Morgan fingerprint density at radius 1 is 0.714 bits per heavy atom. The molecule has 0 aromatic heterocycles. The van der Waals surface area contributed by atoms with E-state index in [-0.39, 0.29) is 6.10 Å². The summed E-state index contributed by atoms with van der Waals surface area (Å²) in [5.41, 5.74) is 2.78. The van der Waals surface area contributed by atoms with Crippen LogP contribution in [0.1, 0.15) is 23.6 Å². The van der Waals surface area contributed by atoms with Crippen molar-refractivity contribution in [2.24, 2.45) is 0 Å². The second-order valence-electron chi connectivity index (χ2n) is 8.51. The van der Waals surface area contributed by atoms with Crippen LogP contribution in [-0.4, -0.2) is 47.3 Å². The molecule has 1 aliphatic heterocycles. The molecule has 5 atom stereocenters. The molecule has 0 amide bonds. The molecule has 1 aliphatic rings. The van der Waals surface area contributed by atoms with Gasteiger partial charge in [0.05, 0.1) is 26.4 Å². The van der Waals surface area contributed by atoms with Crippen molar-refractivity contribution in [1.29, 1.82) is 0 Å². The van der Waals surface area contributed by atoms with Crippen LogP contribution in [0.2, 0.25) is 0 Å². The maximum Gasteiger partial charge on any atom is 0.132 e. The average molecular weight is 495 g/mol. The first kappa shape index (κ1) is 25.9. The fourth-order valence-electron chi connectivity index (χ4n) is 4.12. The lowest BCUT2D eigenvalue weighted by molar-refractivity contribution is -0.243. The molecule has 0 bridgehead atoms. The number of aliphatic hydroxyl groups is 1. The summed E-state index contributed by atoms with van der Waals surface area (Å²) in [7, 11) is 0. The Balaban J connectivity index is 1.50. The van der Waals surface area contributed by atoms with E-state index in [1.165, 1.54) is 0 Å². The van der Waals surface area contributed by atoms with E-state index in [1.807, 2.05) is 91.0 Å². The minimum Gasteiger partial charge on any atom is -0.387 e. The lowest BCUT2D eigenvalue weighted by Gasteiger charge is -2.44. The van der Waals surface area contributed by atoms with E-state index >= 15 is 0 Å². The van der Waals surface area contributed by atoms with Crippen molar-refractivity contribution < 1.29 is 24.1 Å². The van der Waals surface area contributed by atoms with Crippen LogP contribution in [0.3, 0.4) is 0 Å². The molecule has 0 aliphatic carbocycles. The van der Waals surface area contributed by atoms with Crippen LogP contribution in [0.4, 0.5) is 0 Å². The Bertz CT molecular complexity index is 972. The van der Waals surface area contributed by atoms with Gasteiger partial charge in [-0.15, -0.1) is 11.8 Å². The molecule has 35 heavy (non-hydrogen) atoms. The summed E-state index contributed by atoms with van der Waals surface area (Å²) < 4.78 is 25.1. The zero-order chi connectivity index (χ0) is 24.3. The molecule has 1 fully saturated rings. The highest BCUT2D eigenvalue weighted by Gasteiger charge is 2.47. The Morgan fingerprint density at radius 3 is 1.71 bits per heavy atom. The quantitative estimate of drug-likeness (QED) is 0.373. The molecule has 0 unspecified atom stereocenters. The number of rotatable bonds is 12. The number of hydrogen-bond donors (Lipinski definition) is 1. The van der Waals surface area contributed by atoms with Crippen molar-refractivity contribution in [3.05, 3.63) is 108 Å². The van der Waals surface area contributed by atoms with Gasteiger partial charge in [0.2, 0.25) is 0 Å². The Hall–Kier alpha value is -2.19. The number of benzene rings is 3. The summed E-state index contributed by atoms with van der Waals surface area (Å²) in [6, 6.07) is 30.1. The molecule has 4 rings (SSSR count). The normalized spacial score (nSPS) is 24.3. The largest absolute Gasteiger partial charge is 0.387 e. The summed E-state index contributed by atoms with van der Waals surface area (Å²) in [5, 5.41) is 11.2. The van der Waals surface area contributed by atoms with Gasteiger partial charge in [-0.05, 0) is 22.4 Å². The summed E-state index contributed by atoms with van der Waals surface area (Å²) >= 11 is 1.57. The molecular formula is C29H34O5S. The maximum absolute atomic E-state index is 11.2. The fraction of sp³-hybridized carbons (Fsp3) is 0.379. The summed E-state index contributed by atoms with van der Waals surface area (Å²) in [6.07, 6.45) is -2.24. The van der Waals surface area contributed by atoms with Gasteiger partial charge in [-0.25, -0.2) is 0 Å². The van der Waals surface area contributed by atoms with E-state index in [0.29, 0.717) is 26.4 Å². The molecule has 0 saturated carbocycles. The highest BCUT2D eigenvalue weighted by atomic mass is 32.2. The summed E-state index contributed by atoms with van der Waals surface area (Å²) in [4.78, 5) is 0. The molecule has 3 aromatic rings. The van der Waals surface area contributed by atoms with Crippen molar-refractivity contribution in [3.8, 4) is 0 Å². The van der Waals surface area contributed by atoms with Crippen LogP contribution in [0.5, 0.6) is 0 Å². The lowest BCUT2D eigenvalue weighted by Crippen LogP contribution is -2.59. The third-order valence-electron chi connectivity index (χ3n) is 5.91. The van der Waals surface area contributed by atoms with E-state index < -0.39 is 23.7 Å². The Morgan fingerprint density at radius 2 is 1.20 bits per heavy atom. The molecular weight excluding hydrogens is 460 g/mol. The molecule has 3 aromatic carbocycles. The van der Waals surface area contributed by atoms with E-state index in [0.717, 1.165) is 22.4 Å². The molecule has 0 spiro atoms. The first-order valence-electron chi connectivity index (χ1n) is 12.1. The summed E-state index contributed by atoms with van der Waals surface area (Å²) in [6.45, 7) is 3.66. The zero-order valence-electron chi connectivity index (χ0n) is 20.1. The van der Waals surface area contributed by atoms with Gasteiger partial charge >= 0.3 is 0 Å². The van der Waals surface area contributed by atoms with Crippen molar-refractivity contribution in [3.63, 3.8) is 0 Å². The maximum atomic E-state index is 11.2. The molecule has 1 heterocycles. The van der Waals surface area contributed by atoms with Crippen LogP contribution in [-0.2, 0) is 38.8 Å². The number of ether oxygens (including phenoxy) is 4. The van der Waals surface area contributed by atoms with Crippen LogP contribution >= 0.6 is 11.8 Å². The van der Waals surface area contributed by atoms with E-state index in [1.54, 1.807) is 11.8 Å². The van der Waals surface area contributed by atoms with Crippen LogP contribution in [0, 0.1) is 0 Å². The van der Waals surface area contributed by atoms with Gasteiger partial charge < -0.3 is 24.1 Å². The minimum atomic E-state index is -0.824. The van der Waals surface area contributed by atoms with Crippen LogP contribution in [0.15, 0.2) is 91.0 Å². The average Bonchev–Trinajstić information content (AvgIpc) is 2.90. The SMILES string of the molecule is CCS[C@@H]1O[C@H](COCc2ccccc2)[C@@H](OCc2ccccc2)[C@H](OCc2ccccc2)[C@H]1O. The molecule has 186 valence electrons. The third-order valence-corrected chi connectivity index (χ3v) is 6.96. The Kier molecular flexibility index (Phi) is 10.2. The van der Waals surface area contributed by atoms with Gasteiger partial charge in [-0.2, -0.15) is 0 Å². The van der Waals surface area contributed by atoms with Gasteiger partial charge in [0.15, 0.2) is 0 Å². The minimum absolute atomic E-state index is 0.340. The molecule has 1 saturated heterocycles. The van der Waals surface area contributed by atoms with Gasteiger partial charge in [-0.1, -0.05) is 97.9 Å². The van der Waals surface area contributed by atoms with E-state index in [4.69, 9.17) is 18.9 Å². The smallest absolute Gasteiger partial charge is 0.132 e. The van der Waals surface area contributed by atoms with E-state index in [9.17, 15) is 5.11 Å². The number of aliphatic hydroxyl groups excluding tert-OH is 1. The van der Waals surface area contributed by atoms with Gasteiger partial charge in [0, 0.05) is 0 Å². The highest BCUT2D eigenvalue weighted by molar-refractivity contribution is 7.99. The van der Waals surface area contributed by atoms with Crippen molar-refractivity contribution >= 4 is 11.8 Å². The first-order valence-corrected chi connectivity index (χ1v) is 13.2. The molecule has 5 nitrogen and oxygen atoms in total. The van der Waals surface area contributed by atoms with Gasteiger partial charge in [-0.3, -0.25) is 0 Å². The summed E-state index contributed by atoms with van der Waals surface area (Å²) in [5.74, 6) is 0.820. The molecule has 0 radical (unpaired) electrons. The third kappa shape index (κ3) is 7.64. The standard InChI is InChI=1S/C29H34O5S/c1-2-35-29-26(30)28(33-20-24-16-10-5-11-17-24)27(32-19-23-14-8-4-9-15-23)25(34-29)21-31-18-22-12-6-3-7-13-22/h3-17,25-30H,2,18-21H2,1H3/t25-,26-,27-,28-,29+/m1/s1. The van der Waals surface area contributed by atoms with Gasteiger partial charge in [0.1, 0.15) is 29.9 Å². The predicted octanol–water partition coefficient (Wildman–Crippen LogP) is 5.21. The highest BCUT2D eigenvalue weighted by Crippen LogP contribution is 2.33. The predicted molar refractivity (Wildman–Crippen MR) is 139 cm³/mol. The molecule has 6 heteroatoms. The topological polar surface area (TPSA) is 57.2 Å². The Labute approximate surface area is 212 Å². The number of hydrogen-bond acceptors (Lipinski definition) is 6. The second kappa shape index (κ2) is 13.8. The van der Waals surface area contributed by atoms with E-state index in [2.05, 4.69) is 6.92 Å². The van der Waals surface area contributed by atoms with Crippen molar-refractivity contribution in [2.75, 3.05) is 12.4 Å². The van der Waals surface area contributed by atoms with Gasteiger partial charge in [0.25, 0.3) is 0 Å². The second-order valence-corrected chi connectivity index (χ2v) is 9.89. The number of thioether (sulfide) groups is 1. The monoisotopic (exact) mass is 494 g/mol. The van der Waals surface area contributed by atoms with Crippen LogP contribution in [0.25, 0.3) is 0 Å². The van der Waals surface area contributed by atoms with Crippen molar-refractivity contribution in [1.82, 2.24) is 0 Å². The lowest BCUT2D eigenvalue weighted by atomic mass is 9.99. The molecule has 1 N–H and O–H groups in total. The first-order chi connectivity index (χ1) is 17.2. The van der Waals surface area contributed by atoms with Crippen LogP contribution < -0.4 is 0 Å².